The SMILES string of the molecule is CC(C)CNCC(=O)c1ccc(O)c(O)c1. The molecule has 0 aliphatic rings. The molecule has 4 nitrogen and oxygen atoms in total. The van der Waals surface area contributed by atoms with Crippen LogP contribution in [-0.2, 0) is 0 Å². The van der Waals surface area contributed by atoms with Gasteiger partial charge in [-0.2, -0.15) is 0 Å². The van der Waals surface area contributed by atoms with E-state index >= 15 is 0 Å². The highest BCUT2D eigenvalue weighted by atomic mass is 16.3. The van der Waals surface area contributed by atoms with Gasteiger partial charge in [0.05, 0.1) is 6.54 Å². The smallest absolute Gasteiger partial charge is 0.176 e. The van der Waals surface area contributed by atoms with E-state index in [-0.39, 0.29) is 23.8 Å². The van der Waals surface area contributed by atoms with Crippen molar-refractivity contribution < 1.29 is 15.0 Å². The van der Waals surface area contributed by atoms with Crippen molar-refractivity contribution in [2.75, 3.05) is 13.1 Å². The molecule has 0 saturated carbocycles. The number of Topliss-reactive ketones (excluding diaryl/α,β-unsaturated/α-hetero) is 1. The van der Waals surface area contributed by atoms with Gasteiger partial charge in [0, 0.05) is 5.56 Å². The Balaban J connectivity index is 2.56. The predicted octanol–water partition coefficient (Wildman–Crippen LogP) is 1.53. The van der Waals surface area contributed by atoms with E-state index in [0.29, 0.717) is 11.5 Å². The minimum Gasteiger partial charge on any atom is -0.504 e. The van der Waals surface area contributed by atoms with Crippen LogP contribution in [0.1, 0.15) is 24.2 Å². The zero-order chi connectivity index (χ0) is 12.1. The molecule has 16 heavy (non-hydrogen) atoms. The molecule has 0 heterocycles. The number of carbonyl (C=O) groups excluding carboxylic acids is 1. The van der Waals surface area contributed by atoms with Crippen LogP contribution < -0.4 is 5.32 Å². The maximum Gasteiger partial charge on any atom is 0.176 e. The summed E-state index contributed by atoms with van der Waals surface area (Å²) < 4.78 is 0. The van der Waals surface area contributed by atoms with Crippen molar-refractivity contribution in [3.05, 3.63) is 23.8 Å². The van der Waals surface area contributed by atoms with Crippen LogP contribution in [0.2, 0.25) is 0 Å². The summed E-state index contributed by atoms with van der Waals surface area (Å²) in [4.78, 5) is 11.6. The highest BCUT2D eigenvalue weighted by Crippen LogP contribution is 2.24. The monoisotopic (exact) mass is 223 g/mol. The lowest BCUT2D eigenvalue weighted by molar-refractivity contribution is 0.0990. The van der Waals surface area contributed by atoms with Crippen molar-refractivity contribution in [3.8, 4) is 11.5 Å². The van der Waals surface area contributed by atoms with E-state index in [9.17, 15) is 9.90 Å². The number of hydrogen-bond donors (Lipinski definition) is 3. The third-order valence-electron chi connectivity index (χ3n) is 2.14. The van der Waals surface area contributed by atoms with Crippen molar-refractivity contribution in [1.29, 1.82) is 0 Å². The van der Waals surface area contributed by atoms with Crippen molar-refractivity contribution in [2.45, 2.75) is 13.8 Å². The first-order chi connectivity index (χ1) is 7.50. The third-order valence-corrected chi connectivity index (χ3v) is 2.14. The molecule has 0 fully saturated rings. The lowest BCUT2D eigenvalue weighted by Crippen LogP contribution is -2.26. The molecule has 4 heteroatoms. The first-order valence-corrected chi connectivity index (χ1v) is 5.26. The lowest BCUT2D eigenvalue weighted by Gasteiger charge is -2.07. The molecule has 0 saturated heterocycles. The van der Waals surface area contributed by atoms with Crippen LogP contribution in [0.25, 0.3) is 0 Å². The highest BCUT2D eigenvalue weighted by molar-refractivity contribution is 5.98. The number of carbonyl (C=O) groups is 1. The summed E-state index contributed by atoms with van der Waals surface area (Å²) in [5, 5.41) is 21.4. The molecule has 1 aromatic rings. The molecule has 1 rings (SSSR count). The zero-order valence-electron chi connectivity index (χ0n) is 9.53. The Kier molecular flexibility index (Phi) is 4.31. The van der Waals surface area contributed by atoms with Gasteiger partial charge in [0.1, 0.15) is 0 Å². The molecule has 0 aliphatic heterocycles. The van der Waals surface area contributed by atoms with Gasteiger partial charge in [0.2, 0.25) is 0 Å². The van der Waals surface area contributed by atoms with Crippen molar-refractivity contribution in [2.24, 2.45) is 5.92 Å². The first-order valence-electron chi connectivity index (χ1n) is 5.26. The second kappa shape index (κ2) is 5.51. The highest BCUT2D eigenvalue weighted by Gasteiger charge is 2.08. The van der Waals surface area contributed by atoms with E-state index in [0.717, 1.165) is 6.54 Å². The molecular formula is C12H17NO3. The van der Waals surface area contributed by atoms with E-state index in [2.05, 4.69) is 19.2 Å². The lowest BCUT2D eigenvalue weighted by atomic mass is 10.1. The van der Waals surface area contributed by atoms with Crippen LogP contribution in [-0.4, -0.2) is 29.1 Å². The van der Waals surface area contributed by atoms with Gasteiger partial charge in [-0.3, -0.25) is 4.79 Å². The molecule has 0 aliphatic carbocycles. The third kappa shape index (κ3) is 3.55. The van der Waals surface area contributed by atoms with Crippen LogP contribution in [0.3, 0.4) is 0 Å². The van der Waals surface area contributed by atoms with E-state index in [1.165, 1.54) is 18.2 Å². The molecule has 0 bridgehead atoms. The minimum atomic E-state index is -0.269. The maximum atomic E-state index is 11.6. The Morgan fingerprint density at radius 3 is 2.56 bits per heavy atom. The second-order valence-electron chi connectivity index (χ2n) is 4.15. The molecular weight excluding hydrogens is 206 g/mol. The number of phenolic OH excluding ortho intramolecular Hbond substituents is 2. The van der Waals surface area contributed by atoms with Gasteiger partial charge in [-0.05, 0) is 30.7 Å². The van der Waals surface area contributed by atoms with Crippen LogP contribution in [0, 0.1) is 5.92 Å². The van der Waals surface area contributed by atoms with Crippen LogP contribution in [0.15, 0.2) is 18.2 Å². The second-order valence-corrected chi connectivity index (χ2v) is 4.15. The Hall–Kier alpha value is -1.55. The average molecular weight is 223 g/mol. The summed E-state index contributed by atoms with van der Waals surface area (Å²) in [6, 6.07) is 4.08. The van der Waals surface area contributed by atoms with Gasteiger partial charge in [-0.25, -0.2) is 0 Å². The number of hydrogen-bond acceptors (Lipinski definition) is 4. The molecule has 0 spiro atoms. The number of aromatic hydroxyl groups is 2. The predicted molar refractivity (Wildman–Crippen MR) is 61.8 cm³/mol. The number of ketones is 1. The molecule has 0 aromatic heterocycles. The fourth-order valence-corrected chi connectivity index (χ4v) is 1.27. The van der Waals surface area contributed by atoms with E-state index in [4.69, 9.17) is 5.11 Å². The summed E-state index contributed by atoms with van der Waals surface area (Å²) in [5.74, 6) is -0.0987. The van der Waals surface area contributed by atoms with Gasteiger partial charge >= 0.3 is 0 Å². The molecule has 88 valence electrons. The van der Waals surface area contributed by atoms with E-state index < -0.39 is 0 Å². The molecule has 0 unspecified atom stereocenters. The van der Waals surface area contributed by atoms with Crippen molar-refractivity contribution in [1.82, 2.24) is 5.32 Å². The van der Waals surface area contributed by atoms with Crippen LogP contribution in [0.5, 0.6) is 11.5 Å². The van der Waals surface area contributed by atoms with Gasteiger partial charge in [-0.1, -0.05) is 13.8 Å². The largest absolute Gasteiger partial charge is 0.504 e. The first kappa shape index (κ1) is 12.5. The standard InChI is InChI=1S/C12H17NO3/c1-8(2)6-13-7-12(16)9-3-4-10(14)11(15)5-9/h3-5,8,13-15H,6-7H2,1-2H3. The fraction of sp³-hybridized carbons (Fsp3) is 0.417. The summed E-state index contributed by atoms with van der Waals surface area (Å²) in [5.41, 5.74) is 0.395. The number of nitrogens with one attached hydrogen (secondary N) is 1. The normalized spacial score (nSPS) is 10.7. The number of benzene rings is 1. The average Bonchev–Trinajstić information content (AvgIpc) is 2.21. The summed E-state index contributed by atoms with van der Waals surface area (Å²) in [6.07, 6.45) is 0. The number of phenols is 2. The van der Waals surface area contributed by atoms with Gasteiger partial charge < -0.3 is 15.5 Å². The van der Waals surface area contributed by atoms with Gasteiger partial charge in [-0.15, -0.1) is 0 Å². The zero-order valence-corrected chi connectivity index (χ0v) is 9.53. The molecule has 1 aromatic carbocycles. The molecule has 3 N–H and O–H groups in total. The summed E-state index contributed by atoms with van der Waals surface area (Å²) in [7, 11) is 0. The maximum absolute atomic E-state index is 11.6. The summed E-state index contributed by atoms with van der Waals surface area (Å²) >= 11 is 0. The van der Waals surface area contributed by atoms with Gasteiger partial charge in [0.15, 0.2) is 17.3 Å². The van der Waals surface area contributed by atoms with Crippen molar-refractivity contribution >= 4 is 5.78 Å². The Bertz CT molecular complexity index is 375. The molecule has 0 atom stereocenters. The Morgan fingerprint density at radius 2 is 2.00 bits per heavy atom. The molecule has 0 amide bonds. The molecule has 0 radical (unpaired) electrons. The minimum absolute atomic E-state index is 0.101. The van der Waals surface area contributed by atoms with E-state index in [1.807, 2.05) is 0 Å². The van der Waals surface area contributed by atoms with Crippen LogP contribution >= 0.6 is 0 Å². The Labute approximate surface area is 94.9 Å². The van der Waals surface area contributed by atoms with Gasteiger partial charge in [0.25, 0.3) is 0 Å². The Morgan fingerprint density at radius 1 is 1.31 bits per heavy atom. The quantitative estimate of drug-likeness (QED) is 0.523. The van der Waals surface area contributed by atoms with Crippen molar-refractivity contribution in [3.63, 3.8) is 0 Å². The van der Waals surface area contributed by atoms with Crippen LogP contribution in [0.4, 0.5) is 0 Å². The van der Waals surface area contributed by atoms with E-state index in [1.54, 1.807) is 0 Å². The topological polar surface area (TPSA) is 69.6 Å². The summed E-state index contributed by atoms with van der Waals surface area (Å²) in [6.45, 7) is 5.13. The number of rotatable bonds is 5. The fourth-order valence-electron chi connectivity index (χ4n) is 1.27.